The van der Waals surface area contributed by atoms with Gasteiger partial charge in [0.15, 0.2) is 0 Å². The number of amides is 1. The average molecular weight is 354 g/mol. The molecule has 7 heteroatoms. The molecule has 1 unspecified atom stereocenters. The molecule has 5 nitrogen and oxygen atoms in total. The summed E-state index contributed by atoms with van der Waals surface area (Å²) in [4.78, 5) is 17.1. The molecule has 0 bridgehead atoms. The van der Waals surface area contributed by atoms with Crippen molar-refractivity contribution in [3.05, 3.63) is 29.0 Å². The molecule has 1 N–H and O–H groups in total. The lowest BCUT2D eigenvalue weighted by atomic mass is 10.1. The van der Waals surface area contributed by atoms with Crippen LogP contribution in [0.4, 0.5) is 0 Å². The average Bonchev–Trinajstić information content (AvgIpc) is 3.08. The summed E-state index contributed by atoms with van der Waals surface area (Å²) in [6.45, 7) is 6.63. The van der Waals surface area contributed by atoms with Gasteiger partial charge >= 0.3 is 0 Å². The normalized spacial score (nSPS) is 12.5. The Balaban J connectivity index is 1.87. The number of oxazole rings is 1. The summed E-state index contributed by atoms with van der Waals surface area (Å²) in [5, 5.41) is 4.75. The van der Waals surface area contributed by atoms with Gasteiger partial charge in [-0.25, -0.2) is 4.98 Å². The molecule has 0 saturated heterocycles. The van der Waals surface area contributed by atoms with E-state index in [4.69, 9.17) is 4.42 Å². The van der Waals surface area contributed by atoms with Crippen LogP contribution in [0.15, 0.2) is 21.9 Å². The molecule has 0 saturated carbocycles. The van der Waals surface area contributed by atoms with Crippen molar-refractivity contribution in [2.75, 3.05) is 12.3 Å². The van der Waals surface area contributed by atoms with Gasteiger partial charge in [0.1, 0.15) is 11.5 Å². The fourth-order valence-electron chi connectivity index (χ4n) is 1.97. The highest BCUT2D eigenvalue weighted by Crippen LogP contribution is 2.26. The molecule has 2 rings (SSSR count). The van der Waals surface area contributed by atoms with E-state index in [9.17, 15) is 9.00 Å². The molecule has 0 aliphatic carbocycles. The van der Waals surface area contributed by atoms with Gasteiger partial charge in [-0.2, -0.15) is 0 Å². The first-order valence-electron chi connectivity index (χ1n) is 7.57. The van der Waals surface area contributed by atoms with Crippen molar-refractivity contribution in [1.29, 1.82) is 0 Å². The maximum atomic E-state index is 12.1. The smallest absolute Gasteiger partial charge is 0.236 e. The van der Waals surface area contributed by atoms with E-state index in [0.717, 1.165) is 11.3 Å². The van der Waals surface area contributed by atoms with Gasteiger partial charge in [0.25, 0.3) is 0 Å². The van der Waals surface area contributed by atoms with Crippen LogP contribution >= 0.6 is 11.3 Å². The minimum Gasteiger partial charge on any atom is -0.440 e. The zero-order valence-electron chi connectivity index (χ0n) is 13.6. The topological polar surface area (TPSA) is 72.2 Å². The van der Waals surface area contributed by atoms with Gasteiger partial charge < -0.3 is 9.73 Å². The Morgan fingerprint density at radius 1 is 1.48 bits per heavy atom. The number of hydrogen-bond donors (Lipinski definition) is 1. The lowest BCUT2D eigenvalue weighted by Crippen LogP contribution is -2.30. The number of carbonyl (C=O) groups is 1. The lowest BCUT2D eigenvalue weighted by Gasteiger charge is -2.06. The third-order valence-electron chi connectivity index (χ3n) is 3.26. The number of carbonyl (C=O) groups excluding carboxylic acids is 1. The highest BCUT2D eigenvalue weighted by atomic mass is 32.2. The Hall–Kier alpha value is -1.47. The van der Waals surface area contributed by atoms with Crippen LogP contribution in [0.2, 0.25) is 0 Å². The van der Waals surface area contributed by atoms with Gasteiger partial charge in [0, 0.05) is 17.3 Å². The molecule has 0 spiro atoms. The van der Waals surface area contributed by atoms with Crippen LogP contribution < -0.4 is 5.32 Å². The molecule has 126 valence electrons. The van der Waals surface area contributed by atoms with Crippen LogP contribution in [-0.4, -0.2) is 27.4 Å². The van der Waals surface area contributed by atoms with E-state index >= 15 is 0 Å². The Kier molecular flexibility index (Phi) is 6.53. The van der Waals surface area contributed by atoms with Crippen molar-refractivity contribution >= 4 is 28.0 Å². The molecule has 2 heterocycles. The second-order valence-electron chi connectivity index (χ2n) is 5.76. The molecule has 0 aliphatic rings. The quantitative estimate of drug-likeness (QED) is 0.790. The zero-order valence-corrected chi connectivity index (χ0v) is 15.3. The summed E-state index contributed by atoms with van der Waals surface area (Å²) >= 11 is 1.54. The number of rotatable bonds is 8. The molecule has 0 fully saturated rings. The molecular weight excluding hydrogens is 332 g/mol. The fourth-order valence-corrected chi connectivity index (χ4v) is 3.69. The van der Waals surface area contributed by atoms with Gasteiger partial charge in [-0.1, -0.05) is 19.9 Å². The molecule has 2 aromatic rings. The molecule has 1 atom stereocenters. The van der Waals surface area contributed by atoms with E-state index in [1.54, 1.807) is 18.3 Å². The summed E-state index contributed by atoms with van der Waals surface area (Å²) in [5.41, 5.74) is 0.654. The van der Waals surface area contributed by atoms with E-state index in [-0.39, 0.29) is 17.4 Å². The van der Waals surface area contributed by atoms with Crippen molar-refractivity contribution in [1.82, 2.24) is 10.3 Å². The van der Waals surface area contributed by atoms with Crippen molar-refractivity contribution < 1.29 is 13.4 Å². The largest absolute Gasteiger partial charge is 0.440 e. The van der Waals surface area contributed by atoms with E-state index < -0.39 is 10.8 Å². The number of nitrogens with zero attached hydrogens (tertiary/aromatic N) is 1. The molecule has 0 aliphatic heterocycles. The number of nitrogens with one attached hydrogen (secondary N) is 1. The van der Waals surface area contributed by atoms with Gasteiger partial charge in [-0.15, -0.1) is 11.3 Å². The van der Waals surface area contributed by atoms with Crippen LogP contribution in [0.1, 0.15) is 31.7 Å². The lowest BCUT2D eigenvalue weighted by molar-refractivity contribution is -0.118. The van der Waals surface area contributed by atoms with E-state index in [0.29, 0.717) is 29.8 Å². The van der Waals surface area contributed by atoms with Crippen LogP contribution in [-0.2, 0) is 21.3 Å². The number of aromatic nitrogens is 1. The molecule has 23 heavy (non-hydrogen) atoms. The van der Waals surface area contributed by atoms with E-state index in [1.807, 2.05) is 17.5 Å². The first kappa shape index (κ1) is 17.9. The summed E-state index contributed by atoms with van der Waals surface area (Å²) in [6.07, 6.45) is 0.922. The monoisotopic (exact) mass is 354 g/mol. The van der Waals surface area contributed by atoms with E-state index in [1.165, 1.54) is 0 Å². The summed E-state index contributed by atoms with van der Waals surface area (Å²) in [6, 6.07) is 3.86. The SMILES string of the molecule is Cc1oc(-c2cccs2)nc1CS(=O)CC(=O)NCCC(C)C. The number of hydrogen-bond acceptors (Lipinski definition) is 5. The third-order valence-corrected chi connectivity index (χ3v) is 5.30. The van der Waals surface area contributed by atoms with Crippen LogP contribution in [0, 0.1) is 12.8 Å². The predicted octanol–water partition coefficient (Wildman–Crippen LogP) is 3.12. The van der Waals surface area contributed by atoms with Gasteiger partial charge in [-0.3, -0.25) is 9.00 Å². The molecule has 2 aromatic heterocycles. The number of thiophene rings is 1. The summed E-state index contributed by atoms with van der Waals surface area (Å²) in [5.74, 6) is 1.79. The number of aryl methyl sites for hydroxylation is 1. The van der Waals surface area contributed by atoms with Gasteiger partial charge in [0.05, 0.1) is 16.3 Å². The van der Waals surface area contributed by atoms with Crippen LogP contribution in [0.3, 0.4) is 0 Å². The van der Waals surface area contributed by atoms with Crippen molar-refractivity contribution in [3.8, 4) is 10.8 Å². The predicted molar refractivity (Wildman–Crippen MR) is 93.7 cm³/mol. The summed E-state index contributed by atoms with van der Waals surface area (Å²) in [7, 11) is -1.29. The van der Waals surface area contributed by atoms with Crippen molar-refractivity contribution in [3.63, 3.8) is 0 Å². The Bertz CT molecular complexity index is 663. The first-order valence-corrected chi connectivity index (χ1v) is 9.94. The molecule has 0 aromatic carbocycles. The fraction of sp³-hybridized carbons (Fsp3) is 0.500. The Morgan fingerprint density at radius 2 is 2.26 bits per heavy atom. The van der Waals surface area contributed by atoms with Crippen molar-refractivity contribution in [2.45, 2.75) is 32.9 Å². The van der Waals surface area contributed by atoms with Gasteiger partial charge in [-0.05, 0) is 30.7 Å². The zero-order chi connectivity index (χ0) is 16.8. The van der Waals surface area contributed by atoms with E-state index in [2.05, 4.69) is 24.1 Å². The highest BCUT2D eigenvalue weighted by molar-refractivity contribution is 7.84. The first-order chi connectivity index (χ1) is 11.0. The van der Waals surface area contributed by atoms with Crippen molar-refractivity contribution in [2.24, 2.45) is 5.92 Å². The Labute approximate surface area is 143 Å². The minimum absolute atomic E-state index is 0.00126. The molecule has 1 amide bonds. The second kappa shape index (κ2) is 8.40. The summed E-state index contributed by atoms with van der Waals surface area (Å²) < 4.78 is 17.8. The van der Waals surface area contributed by atoms with Crippen LogP contribution in [0.5, 0.6) is 0 Å². The third kappa shape index (κ3) is 5.58. The maximum Gasteiger partial charge on any atom is 0.236 e. The second-order valence-corrected chi connectivity index (χ2v) is 8.16. The highest BCUT2D eigenvalue weighted by Gasteiger charge is 2.16. The maximum absolute atomic E-state index is 12.1. The van der Waals surface area contributed by atoms with Gasteiger partial charge in [0.2, 0.25) is 11.8 Å². The minimum atomic E-state index is -1.29. The van der Waals surface area contributed by atoms with Crippen LogP contribution in [0.25, 0.3) is 10.8 Å². The standard InChI is InChI=1S/C16H22N2O3S2/c1-11(2)6-7-17-15(19)10-23(20)9-13-12(3)21-16(18-13)14-5-4-8-22-14/h4-5,8,11H,6-7,9-10H2,1-3H3,(H,17,19). The molecule has 0 radical (unpaired) electrons. The molecular formula is C16H22N2O3S2. The Morgan fingerprint density at radius 3 is 2.91 bits per heavy atom.